The van der Waals surface area contributed by atoms with Gasteiger partial charge in [0.2, 0.25) is 15.9 Å². The number of nitrogens with one attached hydrogen (secondary N) is 1. The van der Waals surface area contributed by atoms with Crippen molar-refractivity contribution in [3.8, 4) is 0 Å². The number of carbonyl (C=O) groups excluding carboxylic acids is 1. The zero-order chi connectivity index (χ0) is 23.4. The molecule has 0 radical (unpaired) electrons. The molecule has 172 valence electrons. The molecule has 1 aliphatic carbocycles. The summed E-state index contributed by atoms with van der Waals surface area (Å²) < 4.78 is 41.3. The van der Waals surface area contributed by atoms with Crippen molar-refractivity contribution in [3.05, 3.63) is 101 Å². The van der Waals surface area contributed by atoms with Crippen LogP contribution in [-0.2, 0) is 27.8 Å². The van der Waals surface area contributed by atoms with Gasteiger partial charge >= 0.3 is 0 Å². The maximum Gasteiger partial charge on any atom is 0.243 e. The fourth-order valence-corrected chi connectivity index (χ4v) is 5.57. The SMILES string of the molecule is Cc1ccc(S(=O)(=O)N(CC(=O)N[C@H]2CCCc3ccccc32)Cc2ccc(F)cc2)cc1. The standard InChI is InChI=1S/C26H27FN2O3S/c1-19-9-15-23(16-10-19)33(31,32)29(17-20-11-13-22(27)14-12-20)18-26(30)28-25-8-4-6-21-5-2-3-7-24(21)25/h2-3,5,7,9-16,25H,4,6,8,17-18H2,1H3,(H,28,30)/t25-/m0/s1. The maximum atomic E-state index is 13.4. The highest BCUT2D eigenvalue weighted by molar-refractivity contribution is 7.89. The number of benzene rings is 3. The van der Waals surface area contributed by atoms with Gasteiger partial charge in [-0.25, -0.2) is 12.8 Å². The van der Waals surface area contributed by atoms with Gasteiger partial charge in [-0.2, -0.15) is 4.31 Å². The van der Waals surface area contributed by atoms with Crippen LogP contribution in [0.2, 0.25) is 0 Å². The molecule has 0 fully saturated rings. The van der Waals surface area contributed by atoms with E-state index in [4.69, 9.17) is 0 Å². The third-order valence-corrected chi connectivity index (χ3v) is 7.76. The van der Waals surface area contributed by atoms with E-state index in [0.717, 1.165) is 34.7 Å². The molecular weight excluding hydrogens is 439 g/mol. The van der Waals surface area contributed by atoms with Gasteiger partial charge in [0.15, 0.2) is 0 Å². The summed E-state index contributed by atoms with van der Waals surface area (Å²) >= 11 is 0. The fraction of sp³-hybridized carbons (Fsp3) is 0.269. The highest BCUT2D eigenvalue weighted by atomic mass is 32.2. The molecule has 3 aromatic carbocycles. The predicted molar refractivity (Wildman–Crippen MR) is 125 cm³/mol. The van der Waals surface area contributed by atoms with Gasteiger partial charge in [0.1, 0.15) is 5.82 Å². The maximum absolute atomic E-state index is 13.4. The minimum atomic E-state index is -3.94. The van der Waals surface area contributed by atoms with Crippen molar-refractivity contribution >= 4 is 15.9 Å². The summed E-state index contributed by atoms with van der Waals surface area (Å²) in [6, 6.07) is 20.0. The van der Waals surface area contributed by atoms with Gasteiger partial charge in [0, 0.05) is 6.54 Å². The van der Waals surface area contributed by atoms with Crippen LogP contribution in [0.3, 0.4) is 0 Å². The highest BCUT2D eigenvalue weighted by Gasteiger charge is 2.29. The zero-order valence-electron chi connectivity index (χ0n) is 18.5. The van der Waals surface area contributed by atoms with Crippen molar-refractivity contribution in [2.24, 2.45) is 0 Å². The quantitative estimate of drug-likeness (QED) is 0.557. The van der Waals surface area contributed by atoms with E-state index in [1.165, 1.54) is 42.0 Å². The molecule has 0 aromatic heterocycles. The molecule has 1 N–H and O–H groups in total. The minimum Gasteiger partial charge on any atom is -0.348 e. The number of fused-ring (bicyclic) bond motifs is 1. The van der Waals surface area contributed by atoms with E-state index in [-0.39, 0.29) is 29.9 Å². The monoisotopic (exact) mass is 466 g/mol. The number of hydrogen-bond donors (Lipinski definition) is 1. The van der Waals surface area contributed by atoms with Gasteiger partial charge < -0.3 is 5.32 Å². The van der Waals surface area contributed by atoms with Crippen molar-refractivity contribution in [1.82, 2.24) is 9.62 Å². The lowest BCUT2D eigenvalue weighted by atomic mass is 9.88. The average Bonchev–Trinajstić information content (AvgIpc) is 2.80. The van der Waals surface area contributed by atoms with E-state index in [0.29, 0.717) is 5.56 Å². The Morgan fingerprint density at radius 3 is 2.45 bits per heavy atom. The van der Waals surface area contributed by atoms with Crippen LogP contribution >= 0.6 is 0 Å². The number of halogens is 1. The summed E-state index contributed by atoms with van der Waals surface area (Å²) in [5.41, 5.74) is 3.84. The normalized spacial score (nSPS) is 15.8. The first-order valence-corrected chi connectivity index (χ1v) is 12.5. The molecule has 5 nitrogen and oxygen atoms in total. The van der Waals surface area contributed by atoms with Crippen molar-refractivity contribution < 1.29 is 17.6 Å². The van der Waals surface area contributed by atoms with Crippen LogP contribution in [0, 0.1) is 12.7 Å². The molecule has 1 aliphatic rings. The first-order valence-electron chi connectivity index (χ1n) is 11.0. The Morgan fingerprint density at radius 2 is 1.73 bits per heavy atom. The van der Waals surface area contributed by atoms with Crippen molar-refractivity contribution in [3.63, 3.8) is 0 Å². The van der Waals surface area contributed by atoms with E-state index in [1.54, 1.807) is 12.1 Å². The van der Waals surface area contributed by atoms with Crippen molar-refractivity contribution in [2.75, 3.05) is 6.54 Å². The van der Waals surface area contributed by atoms with Crippen molar-refractivity contribution in [2.45, 2.75) is 43.7 Å². The molecule has 3 aromatic rings. The molecule has 33 heavy (non-hydrogen) atoms. The summed E-state index contributed by atoms with van der Waals surface area (Å²) in [5, 5.41) is 3.03. The lowest BCUT2D eigenvalue weighted by Crippen LogP contribution is -2.42. The topological polar surface area (TPSA) is 66.5 Å². The van der Waals surface area contributed by atoms with Crippen LogP contribution in [0.15, 0.2) is 77.7 Å². The van der Waals surface area contributed by atoms with Crippen LogP contribution in [-0.4, -0.2) is 25.2 Å². The average molecular weight is 467 g/mol. The van der Waals surface area contributed by atoms with Gasteiger partial charge in [-0.15, -0.1) is 0 Å². The molecule has 7 heteroatoms. The molecule has 1 amide bonds. The Hall–Kier alpha value is -3.03. The number of nitrogens with zero attached hydrogens (tertiary/aromatic N) is 1. The summed E-state index contributed by atoms with van der Waals surface area (Å²) in [7, 11) is -3.94. The molecule has 0 spiro atoms. The van der Waals surface area contributed by atoms with E-state index < -0.39 is 15.8 Å². The number of amides is 1. The van der Waals surface area contributed by atoms with E-state index >= 15 is 0 Å². The Labute approximate surface area is 194 Å². The van der Waals surface area contributed by atoms with E-state index in [1.807, 2.05) is 25.1 Å². The Bertz CT molecular complexity index is 1230. The Balaban J connectivity index is 1.57. The third-order valence-electron chi connectivity index (χ3n) is 5.96. The molecule has 0 unspecified atom stereocenters. The number of aryl methyl sites for hydroxylation is 2. The second-order valence-corrected chi connectivity index (χ2v) is 10.4. The lowest BCUT2D eigenvalue weighted by molar-refractivity contribution is -0.122. The highest BCUT2D eigenvalue weighted by Crippen LogP contribution is 2.29. The number of sulfonamides is 1. The van der Waals surface area contributed by atoms with Gasteiger partial charge in [0.25, 0.3) is 0 Å². The van der Waals surface area contributed by atoms with Crippen molar-refractivity contribution in [1.29, 1.82) is 0 Å². The second-order valence-electron chi connectivity index (χ2n) is 8.42. The summed E-state index contributed by atoms with van der Waals surface area (Å²) in [5.74, 6) is -0.769. The summed E-state index contributed by atoms with van der Waals surface area (Å²) in [6.07, 6.45) is 2.75. The van der Waals surface area contributed by atoms with E-state index in [9.17, 15) is 17.6 Å². The van der Waals surface area contributed by atoms with Gasteiger partial charge in [0.05, 0.1) is 17.5 Å². The number of hydrogen-bond acceptors (Lipinski definition) is 3. The molecule has 0 bridgehead atoms. The first kappa shape index (κ1) is 23.1. The van der Waals surface area contributed by atoms with Crippen LogP contribution in [0.1, 0.15) is 41.1 Å². The molecule has 0 saturated heterocycles. The van der Waals surface area contributed by atoms with Crippen LogP contribution in [0.4, 0.5) is 4.39 Å². The number of carbonyl (C=O) groups is 1. The zero-order valence-corrected chi connectivity index (χ0v) is 19.3. The van der Waals surface area contributed by atoms with Gasteiger partial charge in [-0.05, 0) is 67.1 Å². The van der Waals surface area contributed by atoms with Crippen LogP contribution < -0.4 is 5.32 Å². The van der Waals surface area contributed by atoms with Crippen LogP contribution in [0.25, 0.3) is 0 Å². The number of rotatable bonds is 7. The summed E-state index contributed by atoms with van der Waals surface area (Å²) in [6.45, 7) is 1.51. The summed E-state index contributed by atoms with van der Waals surface area (Å²) in [4.78, 5) is 13.1. The van der Waals surface area contributed by atoms with Crippen LogP contribution in [0.5, 0.6) is 0 Å². The molecule has 1 atom stereocenters. The Kier molecular flexibility index (Phi) is 6.91. The van der Waals surface area contributed by atoms with Gasteiger partial charge in [-0.3, -0.25) is 4.79 Å². The van der Waals surface area contributed by atoms with E-state index in [2.05, 4.69) is 11.4 Å². The minimum absolute atomic E-state index is 0.0365. The smallest absolute Gasteiger partial charge is 0.243 e. The predicted octanol–water partition coefficient (Wildman–Crippen LogP) is 4.52. The third kappa shape index (κ3) is 5.49. The molecule has 4 rings (SSSR count). The molecule has 0 saturated carbocycles. The Morgan fingerprint density at radius 1 is 1.03 bits per heavy atom. The molecule has 0 aliphatic heterocycles. The lowest BCUT2D eigenvalue weighted by Gasteiger charge is -2.28. The molecular formula is C26H27FN2O3S. The molecule has 0 heterocycles. The fourth-order valence-electron chi connectivity index (χ4n) is 4.18. The largest absolute Gasteiger partial charge is 0.348 e. The van der Waals surface area contributed by atoms with Gasteiger partial charge in [-0.1, -0.05) is 54.1 Å². The second kappa shape index (κ2) is 9.85. The first-order chi connectivity index (χ1) is 15.8.